The number of carbonyl (C=O) groups excluding carboxylic acids is 2. The number of likely N-dealkylation sites (N-methyl/N-ethyl adjacent to an activating group) is 2. The van der Waals surface area contributed by atoms with Crippen LogP contribution in [0.25, 0.3) is 22.5 Å². The van der Waals surface area contributed by atoms with E-state index in [-0.39, 0.29) is 11.8 Å². The third kappa shape index (κ3) is 4.05. The summed E-state index contributed by atoms with van der Waals surface area (Å²) in [5.41, 5.74) is 7.32. The number of carbonyl (C=O) groups is 2. The van der Waals surface area contributed by atoms with Crippen molar-refractivity contribution in [1.82, 2.24) is 19.1 Å². The maximum absolute atomic E-state index is 12.3. The van der Waals surface area contributed by atoms with Crippen molar-refractivity contribution in [2.75, 3.05) is 23.9 Å². The van der Waals surface area contributed by atoms with Crippen LogP contribution >= 0.6 is 0 Å². The first-order valence-electron chi connectivity index (χ1n) is 13.8. The molecule has 1 fully saturated rings. The molecule has 0 atom stereocenters. The summed E-state index contributed by atoms with van der Waals surface area (Å²) in [6.45, 7) is 7.91. The van der Waals surface area contributed by atoms with Crippen molar-refractivity contribution in [3.05, 3.63) is 72.6 Å². The number of amides is 2. The number of hydrogen-bond acceptors (Lipinski definition) is 4. The number of aryl methyl sites for hydroxylation is 1. The highest BCUT2D eigenvalue weighted by Gasteiger charge is 2.43. The molecule has 0 bridgehead atoms. The maximum Gasteiger partial charge on any atom is 0.236 e. The number of rotatable bonds is 3. The van der Waals surface area contributed by atoms with Crippen LogP contribution in [0.3, 0.4) is 0 Å². The Morgan fingerprint density at radius 3 is 1.62 bits per heavy atom. The van der Waals surface area contributed by atoms with Gasteiger partial charge < -0.3 is 18.9 Å². The van der Waals surface area contributed by atoms with Crippen LogP contribution in [0, 0.1) is 0 Å². The monoisotopic (exact) mass is 536 g/mol. The fourth-order valence-corrected chi connectivity index (χ4v) is 5.90. The zero-order valence-electron chi connectivity index (χ0n) is 24.3. The van der Waals surface area contributed by atoms with Gasteiger partial charge in [0.2, 0.25) is 11.8 Å². The molecule has 7 rings (SSSR count). The lowest BCUT2D eigenvalue weighted by molar-refractivity contribution is -0.122. The first-order chi connectivity index (χ1) is 18.9. The molecular weight excluding hydrogens is 500 g/mol. The SMILES string of the molecule is CN1C(=O)C(C)(C)c2ccc(-c3cn(C)cn3)cc21.CN1C(=O)C(C)(C)c2ccc(-c3cn(C4CC4)cn3)cc21. The molecule has 8 nitrogen and oxygen atoms in total. The average Bonchev–Trinajstić information content (AvgIpc) is 3.39. The van der Waals surface area contributed by atoms with E-state index in [0.717, 1.165) is 45.0 Å². The Kier molecular flexibility index (Phi) is 5.80. The summed E-state index contributed by atoms with van der Waals surface area (Å²) in [5, 5.41) is 0. The first-order valence-corrected chi connectivity index (χ1v) is 13.8. The second-order valence-corrected chi connectivity index (χ2v) is 12.3. The largest absolute Gasteiger partial charge is 0.340 e. The van der Waals surface area contributed by atoms with E-state index in [1.54, 1.807) is 16.1 Å². The molecule has 40 heavy (non-hydrogen) atoms. The van der Waals surface area contributed by atoms with Gasteiger partial charge in [-0.3, -0.25) is 9.59 Å². The van der Waals surface area contributed by atoms with Gasteiger partial charge in [0, 0.05) is 62.1 Å². The molecule has 1 aliphatic carbocycles. The highest BCUT2D eigenvalue weighted by Crippen LogP contribution is 2.44. The second-order valence-electron chi connectivity index (χ2n) is 12.3. The van der Waals surface area contributed by atoms with Gasteiger partial charge in [-0.15, -0.1) is 0 Å². The van der Waals surface area contributed by atoms with Crippen LogP contribution < -0.4 is 9.80 Å². The van der Waals surface area contributed by atoms with Crippen LogP contribution in [0.5, 0.6) is 0 Å². The van der Waals surface area contributed by atoms with Crippen molar-refractivity contribution in [3.8, 4) is 22.5 Å². The number of fused-ring (bicyclic) bond motifs is 2. The number of nitrogens with zero attached hydrogens (tertiary/aromatic N) is 6. The molecule has 4 heterocycles. The average molecular weight is 537 g/mol. The number of imidazole rings is 2. The van der Waals surface area contributed by atoms with Crippen LogP contribution in [0.4, 0.5) is 11.4 Å². The summed E-state index contributed by atoms with van der Waals surface area (Å²) in [4.78, 5) is 36.9. The number of benzene rings is 2. The van der Waals surface area contributed by atoms with E-state index in [0.29, 0.717) is 6.04 Å². The van der Waals surface area contributed by atoms with Crippen LogP contribution in [-0.4, -0.2) is 45.0 Å². The number of aromatic nitrogens is 4. The molecule has 4 aromatic rings. The minimum Gasteiger partial charge on any atom is -0.340 e. The molecule has 8 heteroatoms. The lowest BCUT2D eigenvalue weighted by Crippen LogP contribution is -2.33. The molecule has 3 aliphatic rings. The van der Waals surface area contributed by atoms with E-state index in [4.69, 9.17) is 0 Å². The predicted octanol–water partition coefficient (Wildman–Crippen LogP) is 5.48. The van der Waals surface area contributed by atoms with Crippen LogP contribution in [0.15, 0.2) is 61.4 Å². The fraction of sp³-hybridized carbons (Fsp3) is 0.375. The second kappa shape index (κ2) is 8.91. The Morgan fingerprint density at radius 1 is 0.700 bits per heavy atom. The van der Waals surface area contributed by atoms with Crippen molar-refractivity contribution >= 4 is 23.2 Å². The molecule has 2 aliphatic heterocycles. The van der Waals surface area contributed by atoms with Gasteiger partial charge in [0.25, 0.3) is 0 Å². The zero-order valence-corrected chi connectivity index (χ0v) is 24.3. The molecule has 1 saturated carbocycles. The predicted molar refractivity (Wildman–Crippen MR) is 157 cm³/mol. The Labute approximate surface area is 235 Å². The zero-order chi connectivity index (χ0) is 28.6. The van der Waals surface area contributed by atoms with Gasteiger partial charge in [-0.1, -0.05) is 24.3 Å². The van der Waals surface area contributed by atoms with Gasteiger partial charge in [-0.2, -0.15) is 0 Å². The van der Waals surface area contributed by atoms with E-state index in [1.165, 1.54) is 12.8 Å². The molecule has 2 aromatic heterocycles. The molecule has 206 valence electrons. The lowest BCUT2D eigenvalue weighted by Gasteiger charge is -2.16. The number of anilines is 2. The summed E-state index contributed by atoms with van der Waals surface area (Å²) >= 11 is 0. The third-order valence-electron chi connectivity index (χ3n) is 8.61. The molecule has 0 unspecified atom stereocenters. The van der Waals surface area contributed by atoms with E-state index in [2.05, 4.69) is 38.9 Å². The van der Waals surface area contributed by atoms with E-state index in [9.17, 15) is 9.59 Å². The maximum atomic E-state index is 12.3. The van der Waals surface area contributed by atoms with Crippen molar-refractivity contribution in [1.29, 1.82) is 0 Å². The summed E-state index contributed by atoms with van der Waals surface area (Å²) in [5.74, 6) is 0.291. The minimum atomic E-state index is -0.438. The smallest absolute Gasteiger partial charge is 0.236 e. The molecule has 0 spiro atoms. The molecule has 0 N–H and O–H groups in total. The fourth-order valence-electron chi connectivity index (χ4n) is 5.90. The lowest BCUT2D eigenvalue weighted by atomic mass is 9.86. The Hall–Kier alpha value is -4.20. The van der Waals surface area contributed by atoms with Gasteiger partial charge in [0.15, 0.2) is 0 Å². The van der Waals surface area contributed by atoms with Crippen LogP contribution in [0.2, 0.25) is 0 Å². The minimum absolute atomic E-state index is 0.140. The van der Waals surface area contributed by atoms with Crippen molar-refractivity contribution in [2.45, 2.75) is 57.4 Å². The van der Waals surface area contributed by atoms with Gasteiger partial charge in [-0.05, 0) is 63.8 Å². The molecular formula is C32H36N6O2. The normalized spacial score (nSPS) is 18.5. The molecule has 2 aromatic carbocycles. The van der Waals surface area contributed by atoms with Crippen molar-refractivity contribution in [3.63, 3.8) is 0 Å². The van der Waals surface area contributed by atoms with Gasteiger partial charge in [0.05, 0.1) is 34.9 Å². The van der Waals surface area contributed by atoms with Crippen LogP contribution in [-0.2, 0) is 27.5 Å². The standard InChI is InChI=1S/C17H19N3O.C15H17N3O/c1-17(2)13-7-4-11(8-15(13)19(3)16(17)21)14-9-20(10-18-14)12-5-6-12;1-15(2)11-6-5-10(12-8-17(3)9-16-12)7-13(11)18(4)14(15)19/h4,7-10,12H,5-6H2,1-3H3;5-9H,1-4H3. The molecule has 2 amide bonds. The summed E-state index contributed by atoms with van der Waals surface area (Å²) in [6.07, 6.45) is 10.3. The van der Waals surface area contributed by atoms with E-state index < -0.39 is 10.8 Å². The Bertz CT molecular complexity index is 1660. The summed E-state index contributed by atoms with van der Waals surface area (Å²) in [7, 11) is 5.63. The highest BCUT2D eigenvalue weighted by atomic mass is 16.2. The van der Waals surface area contributed by atoms with Crippen LogP contribution in [0.1, 0.15) is 57.7 Å². The van der Waals surface area contributed by atoms with Crippen molar-refractivity contribution < 1.29 is 9.59 Å². The summed E-state index contributed by atoms with van der Waals surface area (Å²) < 4.78 is 4.11. The Balaban J connectivity index is 0.000000145. The van der Waals surface area contributed by atoms with Gasteiger partial charge >= 0.3 is 0 Å². The quantitative estimate of drug-likeness (QED) is 0.348. The van der Waals surface area contributed by atoms with E-state index in [1.807, 2.05) is 84.1 Å². The third-order valence-corrected chi connectivity index (χ3v) is 8.61. The summed E-state index contributed by atoms with van der Waals surface area (Å²) in [6, 6.07) is 13.0. The van der Waals surface area contributed by atoms with Gasteiger partial charge in [-0.25, -0.2) is 9.97 Å². The van der Waals surface area contributed by atoms with Gasteiger partial charge in [0.1, 0.15) is 0 Å². The molecule has 0 saturated heterocycles. The highest BCUT2D eigenvalue weighted by molar-refractivity contribution is 6.08. The van der Waals surface area contributed by atoms with E-state index >= 15 is 0 Å². The Morgan fingerprint density at radius 2 is 1.18 bits per heavy atom. The number of hydrogen-bond donors (Lipinski definition) is 0. The molecule has 0 radical (unpaired) electrons. The first kappa shape index (κ1) is 26.0. The topological polar surface area (TPSA) is 76.3 Å². The van der Waals surface area contributed by atoms with Crippen molar-refractivity contribution in [2.24, 2.45) is 7.05 Å².